The van der Waals surface area contributed by atoms with Crippen molar-refractivity contribution in [3.05, 3.63) is 22.8 Å². The zero-order valence-electron chi connectivity index (χ0n) is 12.0. The van der Waals surface area contributed by atoms with Gasteiger partial charge in [0.2, 0.25) is 0 Å². The molecule has 120 valence electrons. The van der Waals surface area contributed by atoms with Gasteiger partial charge >= 0.3 is 6.18 Å². The number of hydrogen-bond acceptors (Lipinski definition) is 2. The summed E-state index contributed by atoms with van der Waals surface area (Å²) in [6.07, 6.45) is -2.82. The number of hydrogen-bond donors (Lipinski definition) is 1. The van der Waals surface area contributed by atoms with Crippen LogP contribution in [0.3, 0.4) is 0 Å². The molecule has 3 nitrogen and oxygen atoms in total. The van der Waals surface area contributed by atoms with Crippen LogP contribution in [-0.4, -0.2) is 31.6 Å². The smallest absolute Gasteiger partial charge is 0.344 e. The number of amides is 1. The number of carbonyl (C=O) groups excluding carboxylic acids is 1. The summed E-state index contributed by atoms with van der Waals surface area (Å²) in [6.45, 7) is 1.78. The molecule has 0 aromatic rings. The highest BCUT2D eigenvalue weighted by Gasteiger charge is 2.29. The number of rotatable bonds is 6. The van der Waals surface area contributed by atoms with Crippen molar-refractivity contribution in [3.63, 3.8) is 0 Å². The second kappa shape index (κ2) is 7.59. The SMILES string of the molecule is CCC(F)OCC1=C(C(=O)NCC(F)(F)F)C(C)=CCC1. The van der Waals surface area contributed by atoms with Crippen molar-refractivity contribution in [3.8, 4) is 0 Å². The molecule has 0 fully saturated rings. The zero-order chi connectivity index (χ0) is 16.0. The molecule has 0 saturated heterocycles. The summed E-state index contributed by atoms with van der Waals surface area (Å²) in [5.41, 5.74) is 1.30. The molecule has 1 aliphatic carbocycles. The Morgan fingerprint density at radius 1 is 1.48 bits per heavy atom. The maximum absolute atomic E-state index is 13.1. The Balaban J connectivity index is 2.81. The van der Waals surface area contributed by atoms with Gasteiger partial charge in [-0.1, -0.05) is 13.0 Å². The fraction of sp³-hybridized carbons (Fsp3) is 0.643. The lowest BCUT2D eigenvalue weighted by Gasteiger charge is -2.20. The van der Waals surface area contributed by atoms with Crippen LogP contribution in [0, 0.1) is 0 Å². The lowest BCUT2D eigenvalue weighted by Crippen LogP contribution is -2.35. The van der Waals surface area contributed by atoms with Gasteiger partial charge in [0.1, 0.15) is 6.54 Å². The van der Waals surface area contributed by atoms with Crippen LogP contribution >= 0.6 is 0 Å². The van der Waals surface area contributed by atoms with Gasteiger partial charge < -0.3 is 10.1 Å². The van der Waals surface area contributed by atoms with Gasteiger partial charge in [-0.15, -0.1) is 0 Å². The predicted octanol–water partition coefficient (Wildman–Crippen LogP) is 3.42. The first-order chi connectivity index (χ1) is 9.74. The van der Waals surface area contributed by atoms with Crippen LogP contribution in [0.15, 0.2) is 22.8 Å². The Kier molecular flexibility index (Phi) is 6.39. The molecule has 1 N–H and O–H groups in total. The minimum absolute atomic E-state index is 0.0883. The fourth-order valence-electron chi connectivity index (χ4n) is 2.03. The van der Waals surface area contributed by atoms with E-state index in [1.54, 1.807) is 19.9 Å². The average Bonchev–Trinajstić information content (AvgIpc) is 2.41. The first kappa shape index (κ1) is 17.7. The van der Waals surface area contributed by atoms with Gasteiger partial charge in [0.25, 0.3) is 5.91 Å². The van der Waals surface area contributed by atoms with Crippen LogP contribution in [0.2, 0.25) is 0 Å². The Bertz CT molecular complexity index is 441. The van der Waals surface area contributed by atoms with Crippen molar-refractivity contribution >= 4 is 5.91 Å². The molecule has 1 amide bonds. The van der Waals surface area contributed by atoms with Crippen molar-refractivity contribution in [2.24, 2.45) is 0 Å². The minimum atomic E-state index is -4.47. The van der Waals surface area contributed by atoms with E-state index in [4.69, 9.17) is 4.74 Å². The molecular weight excluding hydrogens is 290 g/mol. The average molecular weight is 309 g/mol. The normalized spacial score (nSPS) is 17.5. The molecule has 1 rings (SSSR count). The van der Waals surface area contributed by atoms with Crippen LogP contribution in [-0.2, 0) is 9.53 Å². The van der Waals surface area contributed by atoms with Crippen molar-refractivity contribution in [1.82, 2.24) is 5.32 Å². The molecule has 21 heavy (non-hydrogen) atoms. The van der Waals surface area contributed by atoms with Gasteiger partial charge in [-0.3, -0.25) is 4.79 Å². The molecule has 0 radical (unpaired) electrons. The molecule has 1 unspecified atom stereocenters. The van der Waals surface area contributed by atoms with E-state index in [1.165, 1.54) is 0 Å². The van der Waals surface area contributed by atoms with E-state index in [0.717, 1.165) is 0 Å². The van der Waals surface area contributed by atoms with Crippen LogP contribution in [0.25, 0.3) is 0 Å². The van der Waals surface area contributed by atoms with Crippen LogP contribution in [0.5, 0.6) is 0 Å². The number of carbonyl (C=O) groups is 1. The quantitative estimate of drug-likeness (QED) is 0.764. The summed E-state index contributed by atoms with van der Waals surface area (Å²) in [6, 6.07) is 0. The van der Waals surface area contributed by atoms with Gasteiger partial charge in [-0.25, -0.2) is 4.39 Å². The summed E-state index contributed by atoms with van der Waals surface area (Å²) in [5.74, 6) is -0.800. The molecule has 1 aliphatic rings. The van der Waals surface area contributed by atoms with Gasteiger partial charge in [0, 0.05) is 12.0 Å². The zero-order valence-corrected chi connectivity index (χ0v) is 12.0. The van der Waals surface area contributed by atoms with Crippen LogP contribution in [0.4, 0.5) is 17.6 Å². The van der Waals surface area contributed by atoms with Crippen molar-refractivity contribution in [2.75, 3.05) is 13.2 Å². The topological polar surface area (TPSA) is 38.3 Å². The first-order valence-corrected chi connectivity index (χ1v) is 6.74. The van der Waals surface area contributed by atoms with E-state index in [9.17, 15) is 22.4 Å². The lowest BCUT2D eigenvalue weighted by atomic mass is 9.91. The standard InChI is InChI=1S/C14H19F4NO2/c1-3-11(15)21-7-10-6-4-5-9(2)12(10)13(20)19-8-14(16,17)18/h5,11H,3-4,6-8H2,1-2H3,(H,19,20). The highest BCUT2D eigenvalue weighted by atomic mass is 19.4. The van der Waals surface area contributed by atoms with Gasteiger partial charge in [-0.2, -0.15) is 13.2 Å². The van der Waals surface area contributed by atoms with E-state index in [1.807, 2.05) is 5.32 Å². The van der Waals surface area contributed by atoms with Gasteiger partial charge in [-0.05, 0) is 30.9 Å². The number of allylic oxidation sites excluding steroid dienone is 1. The number of halogens is 4. The lowest BCUT2D eigenvalue weighted by molar-refractivity contribution is -0.136. The highest BCUT2D eigenvalue weighted by Crippen LogP contribution is 2.26. The Hall–Kier alpha value is -1.37. The summed E-state index contributed by atoms with van der Waals surface area (Å²) in [7, 11) is 0. The molecule has 0 aromatic heterocycles. The van der Waals surface area contributed by atoms with E-state index < -0.39 is 25.0 Å². The second-order valence-electron chi connectivity index (χ2n) is 4.83. The first-order valence-electron chi connectivity index (χ1n) is 6.74. The summed E-state index contributed by atoms with van der Waals surface area (Å²) in [4.78, 5) is 11.9. The molecule has 0 heterocycles. The van der Waals surface area contributed by atoms with E-state index >= 15 is 0 Å². The third kappa shape index (κ3) is 5.87. The summed E-state index contributed by atoms with van der Waals surface area (Å²) < 4.78 is 54.5. The van der Waals surface area contributed by atoms with E-state index in [2.05, 4.69) is 0 Å². The van der Waals surface area contributed by atoms with Gasteiger partial charge in [0.05, 0.1) is 6.61 Å². The van der Waals surface area contributed by atoms with Crippen molar-refractivity contribution in [1.29, 1.82) is 0 Å². The maximum atomic E-state index is 13.1. The number of alkyl halides is 4. The third-order valence-electron chi connectivity index (χ3n) is 3.08. The Morgan fingerprint density at radius 2 is 2.14 bits per heavy atom. The third-order valence-corrected chi connectivity index (χ3v) is 3.08. The molecule has 1 atom stereocenters. The van der Waals surface area contributed by atoms with Crippen LogP contribution < -0.4 is 5.32 Å². The van der Waals surface area contributed by atoms with Gasteiger partial charge in [0.15, 0.2) is 6.36 Å². The predicted molar refractivity (Wildman–Crippen MR) is 70.2 cm³/mol. The van der Waals surface area contributed by atoms with E-state index in [0.29, 0.717) is 24.0 Å². The molecule has 0 aromatic carbocycles. The maximum Gasteiger partial charge on any atom is 0.405 e. The summed E-state index contributed by atoms with van der Waals surface area (Å²) >= 11 is 0. The summed E-state index contributed by atoms with van der Waals surface area (Å²) in [5, 5.41) is 1.84. The Labute approximate surface area is 121 Å². The molecule has 0 bridgehead atoms. The van der Waals surface area contributed by atoms with E-state index in [-0.39, 0.29) is 18.6 Å². The second-order valence-corrected chi connectivity index (χ2v) is 4.83. The number of ether oxygens (including phenoxy) is 1. The molecule has 0 spiro atoms. The number of nitrogens with one attached hydrogen (secondary N) is 1. The fourth-order valence-corrected chi connectivity index (χ4v) is 2.03. The molecule has 7 heteroatoms. The van der Waals surface area contributed by atoms with Crippen molar-refractivity contribution < 1.29 is 27.1 Å². The Morgan fingerprint density at radius 3 is 2.71 bits per heavy atom. The minimum Gasteiger partial charge on any atom is -0.344 e. The van der Waals surface area contributed by atoms with Crippen molar-refractivity contribution in [2.45, 2.75) is 45.6 Å². The monoisotopic (exact) mass is 309 g/mol. The molecule has 0 saturated carbocycles. The highest BCUT2D eigenvalue weighted by molar-refractivity contribution is 5.98. The van der Waals surface area contributed by atoms with Crippen LogP contribution in [0.1, 0.15) is 33.1 Å². The molecular formula is C14H19F4NO2. The molecule has 0 aliphatic heterocycles. The largest absolute Gasteiger partial charge is 0.405 e.